The van der Waals surface area contributed by atoms with E-state index in [0.29, 0.717) is 5.56 Å². The second kappa shape index (κ2) is 4.84. The standard InChI is InChI=1S/C16H15N3O3/c1-16(11-7-9-12(10-8-11)19(21)22)17-14-6-4-3-5-13(14)15(20)18(16)2/h3-10,17H,1-2H3. The summed E-state index contributed by atoms with van der Waals surface area (Å²) < 4.78 is 0. The summed E-state index contributed by atoms with van der Waals surface area (Å²) in [7, 11) is 1.71. The predicted molar refractivity (Wildman–Crippen MR) is 82.6 cm³/mol. The van der Waals surface area contributed by atoms with Crippen LogP contribution in [0.2, 0.25) is 0 Å². The van der Waals surface area contributed by atoms with Crippen molar-refractivity contribution in [3.8, 4) is 0 Å². The fraction of sp³-hybridized carbons (Fsp3) is 0.188. The number of carbonyl (C=O) groups is 1. The van der Waals surface area contributed by atoms with Crippen LogP contribution >= 0.6 is 0 Å². The van der Waals surface area contributed by atoms with Crippen LogP contribution in [-0.4, -0.2) is 22.8 Å². The zero-order chi connectivity index (χ0) is 15.9. The number of nitro groups is 1. The lowest BCUT2D eigenvalue weighted by molar-refractivity contribution is -0.384. The van der Waals surface area contributed by atoms with Crippen molar-refractivity contribution in [3.05, 3.63) is 69.8 Å². The molecule has 1 aliphatic rings. The Morgan fingerprint density at radius 1 is 1.14 bits per heavy atom. The third kappa shape index (κ3) is 2.00. The molecule has 0 saturated heterocycles. The first-order chi connectivity index (χ1) is 10.4. The van der Waals surface area contributed by atoms with E-state index in [2.05, 4.69) is 5.32 Å². The number of rotatable bonds is 2. The molecule has 1 amide bonds. The molecule has 0 saturated carbocycles. The zero-order valence-corrected chi connectivity index (χ0v) is 12.2. The van der Waals surface area contributed by atoms with E-state index in [-0.39, 0.29) is 11.6 Å². The molecule has 22 heavy (non-hydrogen) atoms. The van der Waals surface area contributed by atoms with Gasteiger partial charge in [-0.3, -0.25) is 14.9 Å². The highest BCUT2D eigenvalue weighted by Gasteiger charge is 2.40. The first kappa shape index (κ1) is 14.1. The largest absolute Gasteiger partial charge is 0.358 e. The minimum atomic E-state index is -0.763. The van der Waals surface area contributed by atoms with Gasteiger partial charge in [-0.05, 0) is 36.8 Å². The van der Waals surface area contributed by atoms with E-state index in [1.165, 1.54) is 12.1 Å². The topological polar surface area (TPSA) is 75.5 Å². The summed E-state index contributed by atoms with van der Waals surface area (Å²) >= 11 is 0. The van der Waals surface area contributed by atoms with E-state index in [9.17, 15) is 14.9 Å². The fourth-order valence-corrected chi connectivity index (χ4v) is 2.68. The maximum Gasteiger partial charge on any atom is 0.269 e. The molecule has 0 radical (unpaired) electrons. The molecule has 1 atom stereocenters. The van der Waals surface area contributed by atoms with Crippen LogP contribution in [0.5, 0.6) is 0 Å². The molecular formula is C16H15N3O3. The molecule has 1 unspecified atom stereocenters. The molecule has 1 aliphatic heterocycles. The molecular weight excluding hydrogens is 282 g/mol. The van der Waals surface area contributed by atoms with E-state index >= 15 is 0 Å². The fourth-order valence-electron chi connectivity index (χ4n) is 2.68. The van der Waals surface area contributed by atoms with Gasteiger partial charge >= 0.3 is 0 Å². The van der Waals surface area contributed by atoms with Gasteiger partial charge in [0.1, 0.15) is 5.66 Å². The second-order valence-corrected chi connectivity index (χ2v) is 5.41. The molecule has 2 aromatic rings. The lowest BCUT2D eigenvalue weighted by atomic mass is 9.94. The van der Waals surface area contributed by atoms with Crippen LogP contribution in [0.25, 0.3) is 0 Å². The monoisotopic (exact) mass is 297 g/mol. The van der Waals surface area contributed by atoms with E-state index in [1.54, 1.807) is 30.1 Å². The van der Waals surface area contributed by atoms with Crippen molar-refractivity contribution < 1.29 is 9.72 Å². The molecule has 0 aromatic heterocycles. The number of para-hydroxylation sites is 1. The molecule has 0 fully saturated rings. The number of nitrogens with zero attached hydrogens (tertiary/aromatic N) is 2. The van der Waals surface area contributed by atoms with Gasteiger partial charge in [-0.2, -0.15) is 0 Å². The summed E-state index contributed by atoms with van der Waals surface area (Å²) in [6.07, 6.45) is 0. The maximum absolute atomic E-state index is 12.6. The van der Waals surface area contributed by atoms with Crippen molar-refractivity contribution in [1.29, 1.82) is 0 Å². The normalized spacial score (nSPS) is 20.3. The van der Waals surface area contributed by atoms with Crippen LogP contribution < -0.4 is 5.32 Å². The molecule has 1 N–H and O–H groups in total. The third-order valence-corrected chi connectivity index (χ3v) is 4.15. The number of fused-ring (bicyclic) bond motifs is 1. The Morgan fingerprint density at radius 2 is 1.77 bits per heavy atom. The van der Waals surface area contributed by atoms with E-state index < -0.39 is 10.6 Å². The van der Waals surface area contributed by atoms with Gasteiger partial charge in [0.15, 0.2) is 0 Å². The third-order valence-electron chi connectivity index (χ3n) is 4.15. The Balaban J connectivity index is 2.06. The number of nitro benzene ring substituents is 1. The molecule has 3 rings (SSSR count). The Labute approximate surface area is 127 Å². The Morgan fingerprint density at radius 3 is 2.41 bits per heavy atom. The molecule has 112 valence electrons. The zero-order valence-electron chi connectivity index (χ0n) is 12.2. The second-order valence-electron chi connectivity index (χ2n) is 5.41. The van der Waals surface area contributed by atoms with Gasteiger partial charge in [-0.15, -0.1) is 0 Å². The average molecular weight is 297 g/mol. The summed E-state index contributed by atoms with van der Waals surface area (Å²) in [5.74, 6) is -0.0878. The Bertz CT molecular complexity index is 757. The van der Waals surface area contributed by atoms with Gasteiger partial charge in [-0.1, -0.05) is 12.1 Å². The molecule has 6 nitrogen and oxygen atoms in total. The van der Waals surface area contributed by atoms with E-state index in [4.69, 9.17) is 0 Å². The molecule has 0 spiro atoms. The molecule has 2 aromatic carbocycles. The van der Waals surface area contributed by atoms with Crippen LogP contribution in [0.1, 0.15) is 22.8 Å². The van der Waals surface area contributed by atoms with Crippen LogP contribution in [0.3, 0.4) is 0 Å². The summed E-state index contributed by atoms with van der Waals surface area (Å²) in [4.78, 5) is 24.5. The van der Waals surface area contributed by atoms with E-state index in [1.807, 2.05) is 25.1 Å². The Hall–Kier alpha value is -2.89. The van der Waals surface area contributed by atoms with Gasteiger partial charge in [0, 0.05) is 24.9 Å². The molecule has 0 aliphatic carbocycles. The van der Waals surface area contributed by atoms with Crippen LogP contribution in [0, 0.1) is 10.1 Å². The van der Waals surface area contributed by atoms with Crippen molar-refractivity contribution in [1.82, 2.24) is 4.90 Å². The van der Waals surface area contributed by atoms with Crippen LogP contribution in [-0.2, 0) is 5.66 Å². The number of amides is 1. The van der Waals surface area contributed by atoms with Gasteiger partial charge < -0.3 is 10.2 Å². The van der Waals surface area contributed by atoms with Crippen molar-refractivity contribution in [2.75, 3.05) is 12.4 Å². The number of nitrogens with one attached hydrogen (secondary N) is 1. The molecule has 0 bridgehead atoms. The smallest absolute Gasteiger partial charge is 0.269 e. The minimum Gasteiger partial charge on any atom is -0.358 e. The summed E-state index contributed by atoms with van der Waals surface area (Å²) in [5.41, 5.74) is 1.41. The number of carbonyl (C=O) groups excluding carboxylic acids is 1. The van der Waals surface area contributed by atoms with Crippen LogP contribution in [0.4, 0.5) is 11.4 Å². The number of anilines is 1. The summed E-state index contributed by atoms with van der Waals surface area (Å²) in [6, 6.07) is 13.5. The molecule has 1 heterocycles. The van der Waals surface area contributed by atoms with E-state index in [0.717, 1.165) is 11.3 Å². The number of hydrogen-bond donors (Lipinski definition) is 1. The van der Waals surface area contributed by atoms with Gasteiger partial charge in [0.05, 0.1) is 10.5 Å². The quantitative estimate of drug-likeness (QED) is 0.683. The van der Waals surface area contributed by atoms with Crippen molar-refractivity contribution in [3.63, 3.8) is 0 Å². The lowest BCUT2D eigenvalue weighted by Gasteiger charge is -2.44. The maximum atomic E-state index is 12.6. The van der Waals surface area contributed by atoms with Gasteiger partial charge in [0.25, 0.3) is 11.6 Å². The minimum absolute atomic E-state index is 0.0255. The van der Waals surface area contributed by atoms with Crippen LogP contribution in [0.15, 0.2) is 48.5 Å². The number of benzene rings is 2. The highest BCUT2D eigenvalue weighted by molar-refractivity contribution is 6.02. The predicted octanol–water partition coefficient (Wildman–Crippen LogP) is 2.97. The highest BCUT2D eigenvalue weighted by Crippen LogP contribution is 2.36. The van der Waals surface area contributed by atoms with Crippen molar-refractivity contribution in [2.45, 2.75) is 12.6 Å². The van der Waals surface area contributed by atoms with Gasteiger partial charge in [0.2, 0.25) is 0 Å². The summed E-state index contributed by atoms with van der Waals surface area (Å²) in [6.45, 7) is 1.88. The SMILES string of the molecule is CN1C(=O)c2ccccc2NC1(C)c1ccc([N+](=O)[O-])cc1. The molecule has 6 heteroatoms. The summed E-state index contributed by atoms with van der Waals surface area (Å²) in [5, 5.41) is 14.1. The number of non-ortho nitro benzene ring substituents is 1. The lowest BCUT2D eigenvalue weighted by Crippen LogP contribution is -2.53. The van der Waals surface area contributed by atoms with Gasteiger partial charge in [-0.25, -0.2) is 0 Å². The number of hydrogen-bond acceptors (Lipinski definition) is 4. The average Bonchev–Trinajstić information content (AvgIpc) is 2.53. The first-order valence-corrected chi connectivity index (χ1v) is 6.84. The Kier molecular flexibility index (Phi) is 3.09. The van der Waals surface area contributed by atoms with Crippen molar-refractivity contribution >= 4 is 17.3 Å². The van der Waals surface area contributed by atoms with Crippen molar-refractivity contribution in [2.24, 2.45) is 0 Å². The highest BCUT2D eigenvalue weighted by atomic mass is 16.6. The first-order valence-electron chi connectivity index (χ1n) is 6.84.